The average molecular weight is 967 g/mol. The van der Waals surface area contributed by atoms with E-state index in [0.717, 1.165) is 19.0 Å². The van der Waals surface area contributed by atoms with Crippen LogP contribution in [0.4, 0.5) is 26.3 Å². The number of alkyl halides is 6. The number of aromatic nitrogens is 1. The molecule has 6 amide bonds. The summed E-state index contributed by atoms with van der Waals surface area (Å²) in [6.45, 7) is 9.55. The monoisotopic (exact) mass is 966 g/mol. The second-order valence-electron chi connectivity index (χ2n) is 17.7. The number of halogens is 6. The molecule has 2 heterocycles. The third kappa shape index (κ3) is 15.6. The Balaban J connectivity index is 2.35. The van der Waals surface area contributed by atoms with Gasteiger partial charge in [-0.25, -0.2) is 4.79 Å². The second-order valence-corrected chi connectivity index (χ2v) is 17.7. The molecule has 1 aliphatic heterocycles. The van der Waals surface area contributed by atoms with Gasteiger partial charge in [-0.05, 0) is 50.2 Å². The maximum atomic E-state index is 14.7. The molecule has 68 heavy (non-hydrogen) atoms. The van der Waals surface area contributed by atoms with Crippen LogP contribution in [0.5, 0.6) is 0 Å². The molecule has 1 fully saturated rings. The maximum Gasteiger partial charge on any atom is 0.391 e. The van der Waals surface area contributed by atoms with Gasteiger partial charge in [-0.15, -0.1) is 5.92 Å². The lowest BCUT2D eigenvalue weighted by atomic mass is 9.98. The van der Waals surface area contributed by atoms with Crippen LogP contribution < -0.4 is 16.0 Å². The number of esters is 1. The summed E-state index contributed by atoms with van der Waals surface area (Å²) in [5, 5.41) is 16.5. The standard InChI is InChI=1S/C46H60F6N8O8/c1-10-11-19-60-25-29(30-15-12-13-16-34(30)60)22-36-39(62)54-31(20-26(2)3)41(64)57(7)28(6)44(67)68-37(17-14-18-53)40(63)56-33(24-46(50,51)52)43(66)58(8)35(21-27(4)5)38(61)55-32(23-45(47,48)49)42(65)59(36)9/h12-13,15-16,25-28,31-33,35-37H,14,17,19-24H2,1-9H3,(H,54,62)(H,55,61)(H,56,63)/t28-,31-,32-,33-,35-,36-,37+/m0/s1. The number of nitriles is 1. The average Bonchev–Trinajstić information content (AvgIpc) is 3.60. The summed E-state index contributed by atoms with van der Waals surface area (Å²) in [6.07, 6.45) is -16.4. The summed E-state index contributed by atoms with van der Waals surface area (Å²) in [6, 6.07) is -2.80. The first-order valence-corrected chi connectivity index (χ1v) is 22.0. The van der Waals surface area contributed by atoms with E-state index in [-0.39, 0.29) is 31.7 Å². The SMILES string of the molecule is CC#CCn1cc(C[C@H]2C(=O)N[C@@H](CC(C)C)C(=O)N(C)[C@@H](C)C(=O)O[C@H](CCC#N)C(=O)N[C@@H](CC(F)(F)F)C(=O)N(C)[C@@H](CC(C)C)C(=O)N[C@@H](CC(F)(F)F)C(=O)N2C)c2ccccc21. The molecule has 374 valence electrons. The molecule has 0 spiro atoms. The Hall–Kier alpha value is -6.32. The van der Waals surface area contributed by atoms with Gasteiger partial charge < -0.3 is 40.0 Å². The first-order valence-electron chi connectivity index (χ1n) is 22.0. The minimum absolute atomic E-state index is 0.0740. The van der Waals surface area contributed by atoms with E-state index in [9.17, 15) is 65.2 Å². The third-order valence-electron chi connectivity index (χ3n) is 11.4. The van der Waals surface area contributed by atoms with Crippen molar-refractivity contribution in [2.24, 2.45) is 11.8 Å². The number of ether oxygens (including phenoxy) is 1. The fourth-order valence-electron chi connectivity index (χ4n) is 7.71. The molecule has 0 bridgehead atoms. The lowest BCUT2D eigenvalue weighted by Gasteiger charge is -2.35. The Labute approximate surface area is 391 Å². The van der Waals surface area contributed by atoms with Gasteiger partial charge in [-0.1, -0.05) is 51.8 Å². The molecule has 0 aliphatic carbocycles. The highest BCUT2D eigenvalue weighted by Gasteiger charge is 2.45. The molecule has 0 unspecified atom stereocenters. The van der Waals surface area contributed by atoms with Gasteiger partial charge in [0.25, 0.3) is 5.91 Å². The van der Waals surface area contributed by atoms with Crippen molar-refractivity contribution >= 4 is 52.3 Å². The Morgan fingerprint density at radius 2 is 1.22 bits per heavy atom. The Morgan fingerprint density at radius 3 is 1.75 bits per heavy atom. The van der Waals surface area contributed by atoms with Crippen molar-refractivity contribution < 1.29 is 64.6 Å². The lowest BCUT2D eigenvalue weighted by Crippen LogP contribution is -2.61. The summed E-state index contributed by atoms with van der Waals surface area (Å²) < 4.78 is 92.7. The zero-order valence-corrected chi connectivity index (χ0v) is 39.5. The van der Waals surface area contributed by atoms with Crippen LogP contribution in [0.15, 0.2) is 30.5 Å². The highest BCUT2D eigenvalue weighted by Crippen LogP contribution is 2.28. The fraction of sp³-hybridized carbons (Fsp3) is 0.609. The summed E-state index contributed by atoms with van der Waals surface area (Å²) in [5.41, 5.74) is 1.11. The largest absolute Gasteiger partial charge is 0.451 e. The molecular weight excluding hydrogens is 907 g/mol. The fourth-order valence-corrected chi connectivity index (χ4v) is 7.71. The smallest absolute Gasteiger partial charge is 0.391 e. The van der Waals surface area contributed by atoms with Crippen LogP contribution in [0, 0.1) is 35.0 Å². The Bertz CT molecular complexity index is 2260. The molecule has 1 aromatic heterocycles. The molecule has 1 aliphatic rings. The van der Waals surface area contributed by atoms with E-state index in [4.69, 9.17) is 4.74 Å². The number of nitrogens with one attached hydrogen (secondary N) is 3. The second kappa shape index (κ2) is 24.1. The van der Waals surface area contributed by atoms with Gasteiger partial charge in [0.1, 0.15) is 36.3 Å². The Kier molecular flexibility index (Phi) is 19.9. The number of hydrogen-bond donors (Lipinski definition) is 3. The molecule has 0 saturated carbocycles. The van der Waals surface area contributed by atoms with E-state index in [1.807, 2.05) is 5.32 Å². The molecule has 3 N–H and O–H groups in total. The number of hydrogen-bond acceptors (Lipinski definition) is 9. The van der Waals surface area contributed by atoms with Crippen LogP contribution in [0.2, 0.25) is 0 Å². The van der Waals surface area contributed by atoms with E-state index >= 15 is 0 Å². The summed E-state index contributed by atoms with van der Waals surface area (Å²) >= 11 is 0. The van der Waals surface area contributed by atoms with Gasteiger partial charge in [-0.2, -0.15) is 31.6 Å². The van der Waals surface area contributed by atoms with Crippen molar-refractivity contribution in [2.45, 2.75) is 148 Å². The summed E-state index contributed by atoms with van der Waals surface area (Å²) in [4.78, 5) is 101. The molecule has 2 aromatic rings. The number of rotatable bonds is 11. The number of fused-ring (bicyclic) bond motifs is 1. The maximum absolute atomic E-state index is 14.7. The number of carbonyl (C=O) groups excluding carboxylic acids is 7. The van der Waals surface area contributed by atoms with Crippen LogP contribution in [0.1, 0.15) is 85.6 Å². The lowest BCUT2D eigenvalue weighted by molar-refractivity contribution is -0.166. The van der Waals surface area contributed by atoms with Crippen LogP contribution in [0.3, 0.4) is 0 Å². The first-order chi connectivity index (χ1) is 31.6. The number of cyclic esters (lactones) is 1. The number of benzene rings is 1. The number of para-hydroxylation sites is 1. The molecule has 3 rings (SSSR count). The normalized spacial score (nSPS) is 23.7. The van der Waals surface area contributed by atoms with E-state index in [0.29, 0.717) is 26.3 Å². The van der Waals surface area contributed by atoms with Crippen molar-refractivity contribution in [3.05, 3.63) is 36.0 Å². The van der Waals surface area contributed by atoms with Gasteiger partial charge in [0.05, 0.1) is 25.5 Å². The van der Waals surface area contributed by atoms with E-state index in [1.165, 1.54) is 14.0 Å². The van der Waals surface area contributed by atoms with Crippen molar-refractivity contribution in [3.63, 3.8) is 0 Å². The minimum atomic E-state index is -5.14. The molecular formula is C46H60F6N8O8. The molecule has 1 saturated heterocycles. The molecule has 22 heteroatoms. The minimum Gasteiger partial charge on any atom is -0.451 e. The molecule has 16 nitrogen and oxygen atoms in total. The number of carbonyl (C=O) groups is 7. The van der Waals surface area contributed by atoms with Gasteiger partial charge in [0.15, 0.2) is 6.10 Å². The number of amides is 6. The van der Waals surface area contributed by atoms with Crippen molar-refractivity contribution in [1.29, 1.82) is 5.26 Å². The van der Waals surface area contributed by atoms with Gasteiger partial charge >= 0.3 is 18.3 Å². The predicted molar refractivity (Wildman–Crippen MR) is 235 cm³/mol. The number of likely N-dealkylation sites (N-methyl/N-ethyl adjacent to an activating group) is 3. The van der Waals surface area contributed by atoms with Crippen LogP contribution in [-0.2, 0) is 51.3 Å². The highest BCUT2D eigenvalue weighted by molar-refractivity contribution is 5.98. The Morgan fingerprint density at radius 1 is 0.721 bits per heavy atom. The zero-order chi connectivity index (χ0) is 51.4. The van der Waals surface area contributed by atoms with E-state index < -0.39 is 128 Å². The van der Waals surface area contributed by atoms with Gasteiger partial charge in [0, 0.05) is 57.5 Å². The van der Waals surface area contributed by atoms with Crippen LogP contribution in [-0.4, -0.2) is 137 Å². The third-order valence-corrected chi connectivity index (χ3v) is 11.4. The van der Waals surface area contributed by atoms with Crippen molar-refractivity contribution in [1.82, 2.24) is 35.2 Å². The van der Waals surface area contributed by atoms with Gasteiger partial charge in [-0.3, -0.25) is 28.8 Å². The number of nitrogens with zero attached hydrogens (tertiary/aromatic N) is 5. The van der Waals surface area contributed by atoms with E-state index in [2.05, 4.69) is 22.5 Å². The van der Waals surface area contributed by atoms with Crippen LogP contribution in [0.25, 0.3) is 10.9 Å². The summed E-state index contributed by atoms with van der Waals surface area (Å²) in [5.74, 6) is -4.06. The van der Waals surface area contributed by atoms with Gasteiger partial charge in [0.2, 0.25) is 29.5 Å². The van der Waals surface area contributed by atoms with E-state index in [1.54, 1.807) is 75.7 Å². The first kappa shape index (κ1) is 56.0. The topological polar surface area (TPSA) is 203 Å². The molecule has 7 atom stereocenters. The molecule has 1 aromatic carbocycles. The highest BCUT2D eigenvalue weighted by atomic mass is 19.4. The van der Waals surface area contributed by atoms with Crippen molar-refractivity contribution in [3.8, 4) is 17.9 Å². The summed E-state index contributed by atoms with van der Waals surface area (Å²) in [7, 11) is 3.10. The van der Waals surface area contributed by atoms with Crippen LogP contribution >= 0.6 is 0 Å². The quantitative estimate of drug-likeness (QED) is 0.166. The zero-order valence-electron chi connectivity index (χ0n) is 39.5. The van der Waals surface area contributed by atoms with Crippen molar-refractivity contribution in [2.75, 3.05) is 21.1 Å². The molecule has 0 radical (unpaired) electrons. The predicted octanol–water partition coefficient (Wildman–Crippen LogP) is 4.39.